The average molecular weight is 356 g/mol. The fourth-order valence-electron chi connectivity index (χ4n) is 2.69. The Kier molecular flexibility index (Phi) is 5.91. The highest BCUT2D eigenvalue weighted by atomic mass is 79.9. The highest BCUT2D eigenvalue weighted by molar-refractivity contribution is 9.09. The summed E-state index contributed by atoms with van der Waals surface area (Å²) in [6.07, 6.45) is 2.70. The molecule has 0 bridgehead atoms. The topological polar surface area (TPSA) is 38.8 Å². The first kappa shape index (κ1) is 16.1. The number of halogens is 1. The molecule has 1 heterocycles. The molecule has 1 aromatic carbocycles. The first-order valence-corrected chi connectivity index (χ1v) is 8.34. The molecule has 1 aliphatic heterocycles. The van der Waals surface area contributed by atoms with Crippen LogP contribution in [0.5, 0.6) is 11.5 Å². The van der Waals surface area contributed by atoms with Gasteiger partial charge in [-0.3, -0.25) is 4.79 Å². The minimum Gasteiger partial charge on any atom is -0.493 e. The number of methoxy groups -OCH3 is 2. The van der Waals surface area contributed by atoms with Gasteiger partial charge in [0, 0.05) is 18.4 Å². The molecule has 5 heteroatoms. The quantitative estimate of drug-likeness (QED) is 0.762. The van der Waals surface area contributed by atoms with Crippen molar-refractivity contribution in [3.8, 4) is 11.5 Å². The van der Waals surface area contributed by atoms with Crippen LogP contribution in [0.3, 0.4) is 0 Å². The molecule has 0 radical (unpaired) electrons. The number of ether oxygens (including phenoxy) is 2. The van der Waals surface area contributed by atoms with Crippen LogP contribution in [-0.4, -0.2) is 43.4 Å². The number of hydrogen-bond donors (Lipinski definition) is 0. The van der Waals surface area contributed by atoms with Crippen molar-refractivity contribution >= 4 is 21.8 Å². The van der Waals surface area contributed by atoms with E-state index in [0.717, 1.165) is 30.4 Å². The maximum Gasteiger partial charge on any atom is 0.227 e. The van der Waals surface area contributed by atoms with Crippen LogP contribution in [0.2, 0.25) is 0 Å². The van der Waals surface area contributed by atoms with E-state index in [1.54, 1.807) is 14.2 Å². The highest BCUT2D eigenvalue weighted by Gasteiger charge is 2.23. The third-order valence-corrected chi connectivity index (χ3v) is 4.81. The summed E-state index contributed by atoms with van der Waals surface area (Å²) in [6.45, 7) is 1.73. The molecule has 1 unspecified atom stereocenters. The van der Waals surface area contributed by atoms with Crippen molar-refractivity contribution in [2.75, 3.05) is 32.6 Å². The maximum absolute atomic E-state index is 12.4. The van der Waals surface area contributed by atoms with E-state index in [4.69, 9.17) is 9.47 Å². The number of piperidine rings is 1. The second-order valence-electron chi connectivity index (χ2n) is 5.37. The van der Waals surface area contributed by atoms with Crippen molar-refractivity contribution in [2.24, 2.45) is 5.92 Å². The molecule has 4 nitrogen and oxygen atoms in total. The van der Waals surface area contributed by atoms with Gasteiger partial charge in [-0.2, -0.15) is 0 Å². The average Bonchev–Trinajstić information content (AvgIpc) is 2.54. The molecule has 1 amide bonds. The number of rotatable bonds is 5. The zero-order valence-electron chi connectivity index (χ0n) is 12.6. The van der Waals surface area contributed by atoms with Gasteiger partial charge < -0.3 is 14.4 Å². The van der Waals surface area contributed by atoms with Crippen LogP contribution in [0.25, 0.3) is 0 Å². The molecule has 116 valence electrons. The van der Waals surface area contributed by atoms with Crippen LogP contribution in [0, 0.1) is 5.92 Å². The molecule has 0 aliphatic carbocycles. The molecule has 2 rings (SSSR count). The lowest BCUT2D eigenvalue weighted by Crippen LogP contribution is -2.41. The number of nitrogens with zero attached hydrogens (tertiary/aromatic N) is 1. The van der Waals surface area contributed by atoms with Gasteiger partial charge in [0.05, 0.1) is 20.6 Å². The normalized spacial score (nSPS) is 18.4. The molecule has 0 spiro atoms. The van der Waals surface area contributed by atoms with Gasteiger partial charge in [-0.05, 0) is 36.5 Å². The summed E-state index contributed by atoms with van der Waals surface area (Å²) in [5, 5.41) is 0.965. The number of benzene rings is 1. The van der Waals surface area contributed by atoms with Gasteiger partial charge in [-0.1, -0.05) is 22.0 Å². The van der Waals surface area contributed by atoms with Crippen LogP contribution >= 0.6 is 15.9 Å². The van der Waals surface area contributed by atoms with E-state index in [2.05, 4.69) is 15.9 Å². The number of amides is 1. The molecule has 0 N–H and O–H groups in total. The molecular formula is C16H22BrNO3. The largest absolute Gasteiger partial charge is 0.493 e. The molecule has 21 heavy (non-hydrogen) atoms. The monoisotopic (exact) mass is 355 g/mol. The van der Waals surface area contributed by atoms with Gasteiger partial charge in [-0.25, -0.2) is 0 Å². The molecule has 0 aromatic heterocycles. The van der Waals surface area contributed by atoms with Crippen molar-refractivity contribution in [3.63, 3.8) is 0 Å². The lowest BCUT2D eigenvalue weighted by molar-refractivity contribution is -0.132. The van der Waals surface area contributed by atoms with Gasteiger partial charge in [0.2, 0.25) is 5.91 Å². The third-order valence-electron chi connectivity index (χ3n) is 3.89. The van der Waals surface area contributed by atoms with Crippen molar-refractivity contribution in [1.82, 2.24) is 4.90 Å². The number of alkyl halides is 1. The van der Waals surface area contributed by atoms with Gasteiger partial charge >= 0.3 is 0 Å². The Morgan fingerprint density at radius 3 is 2.76 bits per heavy atom. The van der Waals surface area contributed by atoms with Gasteiger partial charge in [0.25, 0.3) is 0 Å². The van der Waals surface area contributed by atoms with E-state index in [0.29, 0.717) is 23.8 Å². The summed E-state index contributed by atoms with van der Waals surface area (Å²) < 4.78 is 10.5. The van der Waals surface area contributed by atoms with Crippen molar-refractivity contribution in [3.05, 3.63) is 23.8 Å². The predicted molar refractivity (Wildman–Crippen MR) is 86.3 cm³/mol. The minimum atomic E-state index is 0.188. The molecule has 1 aromatic rings. The second-order valence-corrected chi connectivity index (χ2v) is 6.02. The van der Waals surface area contributed by atoms with E-state index in [1.807, 2.05) is 23.1 Å². The summed E-state index contributed by atoms with van der Waals surface area (Å²) in [6, 6.07) is 5.65. The van der Waals surface area contributed by atoms with E-state index in [9.17, 15) is 4.79 Å². The summed E-state index contributed by atoms with van der Waals surface area (Å²) in [5.41, 5.74) is 0.957. The van der Waals surface area contributed by atoms with Crippen molar-refractivity contribution in [1.29, 1.82) is 0 Å². The van der Waals surface area contributed by atoms with Gasteiger partial charge in [0.1, 0.15) is 0 Å². The smallest absolute Gasteiger partial charge is 0.227 e. The Bertz CT molecular complexity index is 492. The number of carbonyl (C=O) groups is 1. The van der Waals surface area contributed by atoms with Gasteiger partial charge in [0.15, 0.2) is 11.5 Å². The predicted octanol–water partition coefficient (Wildman–Crippen LogP) is 2.88. The van der Waals surface area contributed by atoms with E-state index in [-0.39, 0.29) is 5.91 Å². The van der Waals surface area contributed by atoms with E-state index >= 15 is 0 Å². The van der Waals surface area contributed by atoms with Crippen LogP contribution < -0.4 is 9.47 Å². The zero-order chi connectivity index (χ0) is 15.2. The lowest BCUT2D eigenvalue weighted by atomic mass is 9.99. The van der Waals surface area contributed by atoms with Crippen LogP contribution in [0.15, 0.2) is 18.2 Å². The molecule has 1 aliphatic rings. The first-order valence-electron chi connectivity index (χ1n) is 7.22. The Morgan fingerprint density at radius 2 is 2.10 bits per heavy atom. The van der Waals surface area contributed by atoms with E-state index in [1.165, 1.54) is 6.42 Å². The fourth-order valence-corrected chi connectivity index (χ4v) is 3.22. The van der Waals surface area contributed by atoms with E-state index < -0.39 is 0 Å². The zero-order valence-corrected chi connectivity index (χ0v) is 14.2. The van der Waals surface area contributed by atoms with Crippen LogP contribution in [0.4, 0.5) is 0 Å². The summed E-state index contributed by atoms with van der Waals surface area (Å²) in [7, 11) is 3.21. The Labute approximate surface area is 134 Å². The second kappa shape index (κ2) is 7.69. The highest BCUT2D eigenvalue weighted by Crippen LogP contribution is 2.28. The molecule has 1 saturated heterocycles. The Balaban J connectivity index is 2.02. The third kappa shape index (κ3) is 4.13. The fraction of sp³-hybridized carbons (Fsp3) is 0.562. The van der Waals surface area contributed by atoms with Crippen LogP contribution in [0.1, 0.15) is 18.4 Å². The SMILES string of the molecule is COc1ccc(CC(=O)N2CCCC(CBr)C2)cc1OC. The van der Waals surface area contributed by atoms with Crippen LogP contribution in [-0.2, 0) is 11.2 Å². The maximum atomic E-state index is 12.4. The number of likely N-dealkylation sites (tertiary alicyclic amines) is 1. The first-order chi connectivity index (χ1) is 10.2. The standard InChI is InChI=1S/C16H22BrNO3/c1-20-14-6-5-12(8-15(14)21-2)9-16(19)18-7-3-4-13(10-17)11-18/h5-6,8,13H,3-4,7,9-11H2,1-2H3. The Morgan fingerprint density at radius 1 is 1.33 bits per heavy atom. The summed E-state index contributed by atoms with van der Waals surface area (Å²) >= 11 is 3.52. The van der Waals surface area contributed by atoms with Gasteiger partial charge in [-0.15, -0.1) is 0 Å². The summed E-state index contributed by atoms with van der Waals surface area (Å²) in [4.78, 5) is 14.4. The minimum absolute atomic E-state index is 0.188. The van der Waals surface area contributed by atoms with Crippen molar-refractivity contribution in [2.45, 2.75) is 19.3 Å². The molecule has 0 saturated carbocycles. The number of hydrogen-bond acceptors (Lipinski definition) is 3. The van der Waals surface area contributed by atoms with Crippen molar-refractivity contribution < 1.29 is 14.3 Å². The Hall–Kier alpha value is -1.23. The molecule has 1 atom stereocenters. The molecule has 1 fully saturated rings. The lowest BCUT2D eigenvalue weighted by Gasteiger charge is -2.32. The summed E-state index contributed by atoms with van der Waals surface area (Å²) in [5.74, 6) is 2.12. The number of carbonyl (C=O) groups excluding carboxylic acids is 1. The molecular weight excluding hydrogens is 334 g/mol.